The summed E-state index contributed by atoms with van der Waals surface area (Å²) in [6.07, 6.45) is 2.59. The quantitative estimate of drug-likeness (QED) is 0.836. The van der Waals surface area contributed by atoms with Gasteiger partial charge in [-0.15, -0.1) is 0 Å². The van der Waals surface area contributed by atoms with E-state index in [1.807, 2.05) is 52.3 Å². The normalized spacial score (nSPS) is 15.3. The highest BCUT2D eigenvalue weighted by molar-refractivity contribution is 6.07. The van der Waals surface area contributed by atoms with Crippen LogP contribution in [0.15, 0.2) is 42.5 Å². The van der Waals surface area contributed by atoms with Crippen molar-refractivity contribution < 1.29 is 9.59 Å². The molecule has 1 saturated heterocycles. The number of nitrogens with zero attached hydrogens (tertiary/aromatic N) is 2. The van der Waals surface area contributed by atoms with E-state index < -0.39 is 0 Å². The predicted molar refractivity (Wildman–Crippen MR) is 105 cm³/mol. The SMILES string of the molecule is CCC(CC)C(=O)N1CCCN(C(=O)c2cccc3ccccc23)CC1. The monoisotopic (exact) mass is 352 g/mol. The Kier molecular flexibility index (Phi) is 5.92. The fourth-order valence-electron chi connectivity index (χ4n) is 3.82. The zero-order valence-electron chi connectivity index (χ0n) is 15.8. The van der Waals surface area contributed by atoms with Gasteiger partial charge >= 0.3 is 0 Å². The Morgan fingerprint density at radius 3 is 2.31 bits per heavy atom. The molecule has 0 atom stereocenters. The van der Waals surface area contributed by atoms with E-state index in [0.717, 1.165) is 42.1 Å². The lowest BCUT2D eigenvalue weighted by Crippen LogP contribution is -2.39. The first-order valence-corrected chi connectivity index (χ1v) is 9.71. The highest BCUT2D eigenvalue weighted by Gasteiger charge is 2.26. The van der Waals surface area contributed by atoms with Crippen LogP contribution in [-0.2, 0) is 4.79 Å². The average molecular weight is 352 g/mol. The number of hydrogen-bond donors (Lipinski definition) is 0. The minimum atomic E-state index is 0.0682. The Labute approximate surface area is 155 Å². The van der Waals surface area contributed by atoms with Gasteiger partial charge in [0.1, 0.15) is 0 Å². The summed E-state index contributed by atoms with van der Waals surface area (Å²) in [7, 11) is 0. The van der Waals surface area contributed by atoms with E-state index >= 15 is 0 Å². The molecular weight excluding hydrogens is 324 g/mol. The van der Waals surface area contributed by atoms with Gasteiger partial charge in [0, 0.05) is 37.7 Å². The molecule has 4 nitrogen and oxygen atoms in total. The highest BCUT2D eigenvalue weighted by atomic mass is 16.2. The van der Waals surface area contributed by atoms with Crippen LogP contribution in [0.3, 0.4) is 0 Å². The summed E-state index contributed by atoms with van der Waals surface area (Å²) >= 11 is 0. The van der Waals surface area contributed by atoms with Crippen LogP contribution in [0.1, 0.15) is 43.5 Å². The van der Waals surface area contributed by atoms with E-state index in [0.29, 0.717) is 19.6 Å². The molecule has 0 aromatic heterocycles. The molecule has 2 aromatic rings. The van der Waals surface area contributed by atoms with Gasteiger partial charge in [-0.1, -0.05) is 50.2 Å². The Hall–Kier alpha value is -2.36. The van der Waals surface area contributed by atoms with Gasteiger partial charge in [-0.25, -0.2) is 0 Å². The number of carbonyl (C=O) groups excluding carboxylic acids is 2. The van der Waals surface area contributed by atoms with Crippen molar-refractivity contribution in [3.05, 3.63) is 48.0 Å². The maximum Gasteiger partial charge on any atom is 0.254 e. The predicted octanol–water partition coefficient (Wildman–Crippen LogP) is 3.95. The third-order valence-electron chi connectivity index (χ3n) is 5.45. The standard InChI is InChI=1S/C22H28N2O2/c1-3-17(4-2)21(25)23-13-8-14-24(16-15-23)22(26)20-12-7-10-18-9-5-6-11-19(18)20/h5-7,9-12,17H,3-4,8,13-16H2,1-2H3. The Bertz CT molecular complexity index is 777. The van der Waals surface area contributed by atoms with Crippen molar-refractivity contribution in [2.75, 3.05) is 26.2 Å². The number of hydrogen-bond acceptors (Lipinski definition) is 2. The second kappa shape index (κ2) is 8.35. The minimum Gasteiger partial charge on any atom is -0.341 e. The minimum absolute atomic E-state index is 0.0682. The van der Waals surface area contributed by atoms with E-state index in [9.17, 15) is 9.59 Å². The number of fused-ring (bicyclic) bond motifs is 1. The Balaban J connectivity index is 1.74. The van der Waals surface area contributed by atoms with Crippen LogP contribution < -0.4 is 0 Å². The maximum atomic E-state index is 13.1. The third-order valence-corrected chi connectivity index (χ3v) is 5.45. The summed E-state index contributed by atoms with van der Waals surface area (Å²) < 4.78 is 0. The molecule has 1 heterocycles. The van der Waals surface area contributed by atoms with Crippen molar-refractivity contribution in [1.29, 1.82) is 0 Å². The molecule has 138 valence electrons. The third kappa shape index (κ3) is 3.74. The molecule has 0 radical (unpaired) electrons. The van der Waals surface area contributed by atoms with E-state index in [2.05, 4.69) is 13.8 Å². The molecule has 1 fully saturated rings. The van der Waals surface area contributed by atoms with Crippen molar-refractivity contribution in [1.82, 2.24) is 9.80 Å². The topological polar surface area (TPSA) is 40.6 Å². The van der Waals surface area contributed by atoms with Crippen molar-refractivity contribution >= 4 is 22.6 Å². The van der Waals surface area contributed by atoms with E-state index in [1.54, 1.807) is 0 Å². The first-order chi connectivity index (χ1) is 12.7. The van der Waals surface area contributed by atoms with Crippen molar-refractivity contribution in [2.24, 2.45) is 5.92 Å². The summed E-state index contributed by atoms with van der Waals surface area (Å²) in [6, 6.07) is 13.9. The van der Waals surface area contributed by atoms with Crippen LogP contribution >= 0.6 is 0 Å². The lowest BCUT2D eigenvalue weighted by molar-refractivity contribution is -0.135. The smallest absolute Gasteiger partial charge is 0.254 e. The molecule has 0 aliphatic carbocycles. The van der Waals surface area contributed by atoms with Crippen LogP contribution in [-0.4, -0.2) is 47.8 Å². The van der Waals surface area contributed by atoms with Gasteiger partial charge < -0.3 is 9.80 Å². The molecule has 0 unspecified atom stereocenters. The summed E-state index contributed by atoms with van der Waals surface area (Å²) in [5, 5.41) is 2.08. The van der Waals surface area contributed by atoms with Crippen LogP contribution in [0.4, 0.5) is 0 Å². The van der Waals surface area contributed by atoms with Gasteiger partial charge in [0.15, 0.2) is 0 Å². The summed E-state index contributed by atoms with van der Waals surface area (Å²) in [4.78, 5) is 29.6. The molecule has 26 heavy (non-hydrogen) atoms. The van der Waals surface area contributed by atoms with Crippen LogP contribution in [0, 0.1) is 5.92 Å². The van der Waals surface area contributed by atoms with Gasteiger partial charge in [-0.3, -0.25) is 9.59 Å². The summed E-state index contributed by atoms with van der Waals surface area (Å²) in [6.45, 7) is 6.82. The van der Waals surface area contributed by atoms with Crippen molar-refractivity contribution in [3.63, 3.8) is 0 Å². The van der Waals surface area contributed by atoms with Crippen molar-refractivity contribution in [3.8, 4) is 0 Å². The molecule has 1 aliphatic rings. The molecule has 0 bridgehead atoms. The number of amides is 2. The average Bonchev–Trinajstić information content (AvgIpc) is 2.94. The van der Waals surface area contributed by atoms with Crippen LogP contribution in [0.2, 0.25) is 0 Å². The molecule has 1 aliphatic heterocycles. The summed E-state index contributed by atoms with van der Waals surface area (Å²) in [5.41, 5.74) is 0.753. The second-order valence-electron chi connectivity index (χ2n) is 7.01. The Morgan fingerprint density at radius 1 is 0.885 bits per heavy atom. The maximum absolute atomic E-state index is 13.1. The molecule has 4 heteroatoms. The Morgan fingerprint density at radius 2 is 1.54 bits per heavy atom. The second-order valence-corrected chi connectivity index (χ2v) is 7.01. The molecule has 0 saturated carbocycles. The van der Waals surface area contributed by atoms with Gasteiger partial charge in [-0.05, 0) is 36.1 Å². The van der Waals surface area contributed by atoms with Gasteiger partial charge in [0.05, 0.1) is 0 Å². The lowest BCUT2D eigenvalue weighted by atomic mass is 10.0. The highest BCUT2D eigenvalue weighted by Crippen LogP contribution is 2.21. The number of carbonyl (C=O) groups is 2. The number of rotatable bonds is 4. The van der Waals surface area contributed by atoms with Crippen molar-refractivity contribution in [2.45, 2.75) is 33.1 Å². The lowest BCUT2D eigenvalue weighted by Gasteiger charge is -2.25. The van der Waals surface area contributed by atoms with Gasteiger partial charge in [0.25, 0.3) is 5.91 Å². The fourth-order valence-corrected chi connectivity index (χ4v) is 3.82. The number of benzene rings is 2. The zero-order valence-corrected chi connectivity index (χ0v) is 15.8. The molecule has 0 N–H and O–H groups in total. The molecule has 2 aromatic carbocycles. The molecule has 0 spiro atoms. The first-order valence-electron chi connectivity index (χ1n) is 9.71. The van der Waals surface area contributed by atoms with E-state index in [1.165, 1.54) is 0 Å². The van der Waals surface area contributed by atoms with Crippen LogP contribution in [0.5, 0.6) is 0 Å². The molecular formula is C22H28N2O2. The van der Waals surface area contributed by atoms with E-state index in [4.69, 9.17) is 0 Å². The molecule has 2 amide bonds. The van der Waals surface area contributed by atoms with Gasteiger partial charge in [-0.2, -0.15) is 0 Å². The largest absolute Gasteiger partial charge is 0.341 e. The first kappa shape index (κ1) is 18.4. The zero-order chi connectivity index (χ0) is 18.5. The fraction of sp³-hybridized carbons (Fsp3) is 0.455. The van der Waals surface area contributed by atoms with E-state index in [-0.39, 0.29) is 17.7 Å². The van der Waals surface area contributed by atoms with Crippen LogP contribution in [0.25, 0.3) is 10.8 Å². The molecule has 3 rings (SSSR count). The summed E-state index contributed by atoms with van der Waals surface area (Å²) in [5.74, 6) is 0.420. The van der Waals surface area contributed by atoms with Gasteiger partial charge in [0.2, 0.25) is 5.91 Å².